The molecule has 7 aromatic carbocycles. The van der Waals surface area contributed by atoms with Gasteiger partial charge in [-0.3, -0.25) is 0 Å². The van der Waals surface area contributed by atoms with Crippen LogP contribution in [0.4, 0.5) is 0 Å². The van der Waals surface area contributed by atoms with E-state index < -0.39 is 29.8 Å². The molecule has 16 heteroatoms. The highest BCUT2D eigenvalue weighted by Crippen LogP contribution is 2.80. The number of nitrogens with zero attached hydrogens (tertiary/aromatic N) is 4. The smallest absolute Gasteiger partial charge is 0.431 e. The van der Waals surface area contributed by atoms with Crippen molar-refractivity contribution in [2.75, 3.05) is 0 Å². The van der Waals surface area contributed by atoms with E-state index in [1.54, 1.807) is 12.1 Å². The van der Waals surface area contributed by atoms with E-state index in [0.717, 1.165) is 38.9 Å². The molecule has 7 aromatic rings. The monoisotopic (exact) mass is 964 g/mol. The van der Waals surface area contributed by atoms with Gasteiger partial charge in [0.2, 0.25) is 0 Å². The standard InChI is InChI=1S/C49H49ClN4O7P4/c1-36-8-22-43(23-9-36)55-62(50)51-63(56-44-24-10-37(2)11-25-44,57-45-26-12-38(3)13-27-45)53-65(60-48-32-18-41(6)19-33-48,61-49-34-20-42(7)21-35-49)54-64(52-62,58-46-28-14-39(4)15-29-46)59-47-30-16-40(5)17-31-47/h8-35H,1-7H3. The van der Waals surface area contributed by atoms with E-state index in [0.29, 0.717) is 40.2 Å². The highest BCUT2D eigenvalue weighted by Gasteiger charge is 2.47. The van der Waals surface area contributed by atoms with Crippen LogP contribution in [0.25, 0.3) is 0 Å². The molecular formula is C49H49ClN4O7P4. The zero-order chi connectivity index (χ0) is 45.7. The molecule has 1 heterocycles. The van der Waals surface area contributed by atoms with Crippen LogP contribution in [0.2, 0.25) is 0 Å². The lowest BCUT2D eigenvalue weighted by Crippen LogP contribution is -2.09. The molecule has 0 N–H and O–H groups in total. The number of rotatable bonds is 14. The maximum atomic E-state index is 7.91. The molecule has 0 aromatic heterocycles. The predicted molar refractivity (Wildman–Crippen MR) is 266 cm³/mol. The Bertz CT molecular complexity index is 2760. The first-order valence-corrected chi connectivity index (χ1v) is 27.8. The number of hydrogen-bond acceptors (Lipinski definition) is 11. The Morgan fingerprint density at radius 2 is 0.415 bits per heavy atom. The van der Waals surface area contributed by atoms with Crippen molar-refractivity contribution in [3.8, 4) is 40.2 Å². The van der Waals surface area contributed by atoms with Gasteiger partial charge < -0.3 is 31.7 Å². The van der Waals surface area contributed by atoms with Crippen LogP contribution in [-0.2, 0) is 0 Å². The lowest BCUT2D eigenvalue weighted by Gasteiger charge is -2.32. The van der Waals surface area contributed by atoms with Crippen LogP contribution >= 0.6 is 41.0 Å². The van der Waals surface area contributed by atoms with Crippen molar-refractivity contribution in [1.82, 2.24) is 0 Å². The summed E-state index contributed by atoms with van der Waals surface area (Å²) in [5, 5.41) is 0. The Balaban J connectivity index is 1.54. The fourth-order valence-corrected chi connectivity index (χ4v) is 19.2. The first kappa shape index (κ1) is 45.9. The number of benzene rings is 7. The van der Waals surface area contributed by atoms with Crippen molar-refractivity contribution in [1.29, 1.82) is 0 Å². The van der Waals surface area contributed by atoms with Crippen molar-refractivity contribution in [3.05, 3.63) is 209 Å². The Hall–Kier alpha value is -5.65. The van der Waals surface area contributed by atoms with Gasteiger partial charge in [0.25, 0.3) is 0 Å². The molecule has 334 valence electrons. The highest BCUT2D eigenvalue weighted by atomic mass is 35.7. The summed E-state index contributed by atoms with van der Waals surface area (Å²) in [5.41, 5.74) is 7.04. The number of halogens is 1. The normalized spacial score (nSPS) is 16.9. The average Bonchev–Trinajstić information content (AvgIpc) is 3.26. The first-order chi connectivity index (χ1) is 31.1. The third-order valence-electron chi connectivity index (χ3n) is 9.61. The fraction of sp³-hybridized carbons (Fsp3) is 0.143. The summed E-state index contributed by atoms with van der Waals surface area (Å²) in [6, 6.07) is 52.1. The molecule has 1 atom stereocenters. The Morgan fingerprint density at radius 1 is 0.246 bits per heavy atom. The Labute approximate surface area is 386 Å². The molecule has 0 spiro atoms. The van der Waals surface area contributed by atoms with Gasteiger partial charge in [-0.2, -0.15) is 0 Å². The zero-order valence-electron chi connectivity index (χ0n) is 37.0. The van der Waals surface area contributed by atoms with Crippen LogP contribution < -0.4 is 31.7 Å². The Kier molecular flexibility index (Phi) is 13.7. The molecule has 1 aliphatic heterocycles. The van der Waals surface area contributed by atoms with Crippen molar-refractivity contribution in [3.63, 3.8) is 0 Å². The second kappa shape index (κ2) is 19.4. The predicted octanol–water partition coefficient (Wildman–Crippen LogP) is 17.7. The second-order valence-corrected chi connectivity index (χ2v) is 25.0. The average molecular weight is 965 g/mol. The SMILES string of the molecule is Cc1ccc(OP2(Cl)=NP(Oc3ccc(C)cc3)(Oc3ccc(C)cc3)=NP(Oc3ccc(C)cc3)(Oc3ccc(C)cc3)=NP(Oc3ccc(C)cc3)(Oc3ccc(C)cc3)=N2)cc1. The second-order valence-electron chi connectivity index (χ2n) is 15.6. The lowest BCUT2D eigenvalue weighted by molar-refractivity contribution is 0.453. The number of hydrogen-bond donors (Lipinski definition) is 0. The molecule has 1 unspecified atom stereocenters. The van der Waals surface area contributed by atoms with Gasteiger partial charge in [0.15, 0.2) is 0 Å². The summed E-state index contributed by atoms with van der Waals surface area (Å²) >= 11 is 7.91. The third-order valence-corrected chi connectivity index (χ3v) is 21.4. The van der Waals surface area contributed by atoms with Gasteiger partial charge in [-0.25, -0.2) is 0 Å². The summed E-state index contributed by atoms with van der Waals surface area (Å²) in [6.45, 7) is 9.69. The minimum absolute atomic E-state index is 0.368. The van der Waals surface area contributed by atoms with Crippen LogP contribution in [0.5, 0.6) is 40.2 Å². The summed E-state index contributed by atoms with van der Waals surface area (Å²) in [5.74, 6) is 2.61. The summed E-state index contributed by atoms with van der Waals surface area (Å²) in [4.78, 5) is 0. The lowest BCUT2D eigenvalue weighted by atomic mass is 10.2. The molecule has 0 amide bonds. The van der Waals surface area contributed by atoms with Crippen LogP contribution in [0, 0.1) is 48.5 Å². The van der Waals surface area contributed by atoms with Crippen LogP contribution in [-0.4, -0.2) is 0 Å². The third kappa shape index (κ3) is 12.2. The van der Waals surface area contributed by atoms with Gasteiger partial charge in [-0.05, 0) is 145 Å². The Morgan fingerprint density at radius 3 is 0.631 bits per heavy atom. The van der Waals surface area contributed by atoms with Gasteiger partial charge >= 0.3 is 29.8 Å². The molecule has 0 saturated heterocycles. The summed E-state index contributed by atoms with van der Waals surface area (Å²) < 4.78 is 70.7. The molecule has 0 radical (unpaired) electrons. The molecular weight excluding hydrogens is 916 g/mol. The summed E-state index contributed by atoms with van der Waals surface area (Å²) in [6.07, 6.45) is 0. The van der Waals surface area contributed by atoms with E-state index in [2.05, 4.69) is 0 Å². The molecule has 0 bridgehead atoms. The topological polar surface area (TPSA) is 114 Å². The van der Waals surface area contributed by atoms with E-state index in [9.17, 15) is 0 Å². The zero-order valence-corrected chi connectivity index (χ0v) is 41.3. The largest absolute Gasteiger partial charge is 0.460 e. The van der Waals surface area contributed by atoms with Crippen LogP contribution in [0.1, 0.15) is 38.9 Å². The van der Waals surface area contributed by atoms with E-state index >= 15 is 0 Å². The first-order valence-electron chi connectivity index (χ1n) is 20.7. The van der Waals surface area contributed by atoms with Crippen molar-refractivity contribution >= 4 is 41.0 Å². The van der Waals surface area contributed by atoms with Gasteiger partial charge in [-0.15, -0.1) is 9.03 Å². The van der Waals surface area contributed by atoms with E-state index in [1.807, 2.05) is 206 Å². The van der Waals surface area contributed by atoms with Gasteiger partial charge in [0.05, 0.1) is 0 Å². The van der Waals surface area contributed by atoms with Gasteiger partial charge in [0.1, 0.15) is 40.2 Å². The minimum Gasteiger partial charge on any atom is -0.431 e. The van der Waals surface area contributed by atoms with E-state index in [4.69, 9.17) is 61.0 Å². The molecule has 11 nitrogen and oxygen atoms in total. The molecule has 0 aliphatic carbocycles. The maximum Gasteiger partial charge on any atom is 0.460 e. The molecule has 1 aliphatic rings. The van der Waals surface area contributed by atoms with Crippen LogP contribution in [0.15, 0.2) is 188 Å². The van der Waals surface area contributed by atoms with Gasteiger partial charge in [0, 0.05) is 0 Å². The van der Waals surface area contributed by atoms with E-state index in [1.165, 1.54) is 0 Å². The van der Waals surface area contributed by atoms with Crippen molar-refractivity contribution in [2.24, 2.45) is 18.1 Å². The fourth-order valence-electron chi connectivity index (χ4n) is 6.10. The quantitative estimate of drug-likeness (QED) is 0.0997. The van der Waals surface area contributed by atoms with Gasteiger partial charge in [-0.1, -0.05) is 133 Å². The highest BCUT2D eigenvalue weighted by molar-refractivity contribution is 7.93. The minimum atomic E-state index is -4.35. The molecule has 0 fully saturated rings. The maximum absolute atomic E-state index is 7.91. The number of aryl methyl sites for hydroxylation is 7. The molecule has 65 heavy (non-hydrogen) atoms. The van der Waals surface area contributed by atoms with E-state index in [-0.39, 0.29) is 0 Å². The molecule has 8 rings (SSSR count). The van der Waals surface area contributed by atoms with Crippen molar-refractivity contribution < 1.29 is 31.7 Å². The van der Waals surface area contributed by atoms with Crippen LogP contribution in [0.3, 0.4) is 0 Å². The van der Waals surface area contributed by atoms with Crippen molar-refractivity contribution in [2.45, 2.75) is 48.5 Å². The summed E-state index contributed by atoms with van der Waals surface area (Å²) in [7, 11) is -12.9. The molecule has 0 saturated carbocycles.